The standard InChI is InChI=1S/C18H18ClFO2/c1-2-22-16-10-9-15(12-3-4-12)17(18(16,19)11-21)13-5-7-14(20)8-6-13/h5-12,16H,2-4H2,1H3. The second-order valence-corrected chi connectivity index (χ2v) is 6.36. The molecule has 0 bridgehead atoms. The average Bonchev–Trinajstić information content (AvgIpc) is 3.35. The van der Waals surface area contributed by atoms with E-state index in [1.165, 1.54) is 12.1 Å². The highest BCUT2D eigenvalue weighted by molar-refractivity contribution is 6.39. The summed E-state index contributed by atoms with van der Waals surface area (Å²) in [6.45, 7) is 2.33. The number of hydrogen-bond donors (Lipinski definition) is 0. The molecule has 0 N–H and O–H groups in total. The summed E-state index contributed by atoms with van der Waals surface area (Å²) in [5.41, 5.74) is 2.61. The summed E-state index contributed by atoms with van der Waals surface area (Å²) in [6, 6.07) is 6.14. The van der Waals surface area contributed by atoms with Crippen LogP contribution in [0, 0.1) is 11.7 Å². The molecule has 0 aromatic heterocycles. The van der Waals surface area contributed by atoms with Gasteiger partial charge in [0.2, 0.25) is 0 Å². The van der Waals surface area contributed by atoms with Gasteiger partial charge in [0, 0.05) is 6.61 Å². The number of carbonyl (C=O) groups is 1. The predicted octanol–water partition coefficient (Wildman–Crippen LogP) is 4.14. The van der Waals surface area contributed by atoms with Crippen molar-refractivity contribution in [2.24, 2.45) is 5.92 Å². The van der Waals surface area contributed by atoms with E-state index in [0.717, 1.165) is 35.8 Å². The van der Waals surface area contributed by atoms with E-state index in [4.69, 9.17) is 16.3 Å². The van der Waals surface area contributed by atoms with E-state index in [1.54, 1.807) is 12.1 Å². The molecule has 3 rings (SSSR count). The zero-order chi connectivity index (χ0) is 15.7. The molecule has 4 heteroatoms. The van der Waals surface area contributed by atoms with Crippen molar-refractivity contribution in [3.8, 4) is 0 Å². The van der Waals surface area contributed by atoms with Gasteiger partial charge in [-0.2, -0.15) is 0 Å². The van der Waals surface area contributed by atoms with Crippen LogP contribution < -0.4 is 0 Å². The second kappa shape index (κ2) is 5.98. The molecule has 0 radical (unpaired) electrons. The fourth-order valence-electron chi connectivity index (χ4n) is 3.00. The number of benzene rings is 1. The minimum Gasteiger partial charge on any atom is -0.372 e. The van der Waals surface area contributed by atoms with Gasteiger partial charge in [-0.05, 0) is 54.5 Å². The summed E-state index contributed by atoms with van der Waals surface area (Å²) in [4.78, 5) is 10.6. The molecule has 0 amide bonds. The number of halogens is 2. The third kappa shape index (κ3) is 2.64. The lowest BCUT2D eigenvalue weighted by Crippen LogP contribution is -2.43. The number of hydrogen-bond acceptors (Lipinski definition) is 2. The summed E-state index contributed by atoms with van der Waals surface area (Å²) in [5.74, 6) is 0.119. The lowest BCUT2D eigenvalue weighted by atomic mass is 9.79. The molecule has 1 aromatic rings. The maximum atomic E-state index is 13.2. The summed E-state index contributed by atoms with van der Waals surface area (Å²) < 4.78 is 18.9. The molecule has 1 fully saturated rings. The van der Waals surface area contributed by atoms with Crippen molar-refractivity contribution in [3.63, 3.8) is 0 Å². The minimum atomic E-state index is -1.26. The first kappa shape index (κ1) is 15.4. The maximum Gasteiger partial charge on any atom is 0.155 e. The molecular weight excluding hydrogens is 303 g/mol. The fourth-order valence-corrected chi connectivity index (χ4v) is 3.35. The Balaban J connectivity index is 2.14. The SMILES string of the molecule is CCOC1C=CC(C2CC2)=C(c2ccc(F)cc2)C1(Cl)C=O. The Bertz CT molecular complexity index is 631. The predicted molar refractivity (Wildman–Crippen MR) is 85.2 cm³/mol. The van der Waals surface area contributed by atoms with Crippen LogP contribution in [0.5, 0.6) is 0 Å². The van der Waals surface area contributed by atoms with Gasteiger partial charge >= 0.3 is 0 Å². The van der Waals surface area contributed by atoms with Crippen molar-refractivity contribution in [3.05, 3.63) is 53.4 Å². The topological polar surface area (TPSA) is 26.3 Å². The number of ether oxygens (including phenoxy) is 1. The molecule has 22 heavy (non-hydrogen) atoms. The van der Waals surface area contributed by atoms with Gasteiger partial charge in [0.1, 0.15) is 18.2 Å². The molecule has 2 unspecified atom stereocenters. The van der Waals surface area contributed by atoms with Crippen LogP contribution in [0.25, 0.3) is 5.57 Å². The molecule has 1 saturated carbocycles. The smallest absolute Gasteiger partial charge is 0.155 e. The minimum absolute atomic E-state index is 0.309. The molecule has 0 saturated heterocycles. The second-order valence-electron chi connectivity index (χ2n) is 5.73. The Hall–Kier alpha value is -1.45. The fraction of sp³-hybridized carbons (Fsp3) is 0.389. The highest BCUT2D eigenvalue weighted by Crippen LogP contribution is 2.49. The molecule has 2 aliphatic carbocycles. The third-order valence-electron chi connectivity index (χ3n) is 4.20. The Kier molecular flexibility index (Phi) is 4.20. The Morgan fingerprint density at radius 1 is 1.36 bits per heavy atom. The van der Waals surface area contributed by atoms with Crippen LogP contribution in [0.2, 0.25) is 0 Å². The van der Waals surface area contributed by atoms with E-state index in [-0.39, 0.29) is 5.82 Å². The maximum absolute atomic E-state index is 13.2. The number of allylic oxidation sites excluding steroid dienone is 2. The molecule has 0 heterocycles. The highest BCUT2D eigenvalue weighted by atomic mass is 35.5. The molecule has 116 valence electrons. The summed E-state index contributed by atoms with van der Waals surface area (Å²) in [6.07, 6.45) is 6.30. The van der Waals surface area contributed by atoms with Crippen LogP contribution in [-0.2, 0) is 9.53 Å². The van der Waals surface area contributed by atoms with Crippen molar-refractivity contribution in [1.29, 1.82) is 0 Å². The number of rotatable bonds is 5. The molecule has 2 atom stereocenters. The van der Waals surface area contributed by atoms with E-state index in [9.17, 15) is 9.18 Å². The van der Waals surface area contributed by atoms with Crippen LogP contribution in [0.1, 0.15) is 25.3 Å². The van der Waals surface area contributed by atoms with Gasteiger partial charge in [0.05, 0.1) is 0 Å². The molecule has 1 aromatic carbocycles. The molecular formula is C18H18ClFO2. The van der Waals surface area contributed by atoms with Crippen LogP contribution in [-0.4, -0.2) is 23.9 Å². The molecule has 2 nitrogen and oxygen atoms in total. The molecule has 2 aliphatic rings. The van der Waals surface area contributed by atoms with Crippen LogP contribution in [0.15, 0.2) is 42.0 Å². The average molecular weight is 321 g/mol. The Labute approximate surface area is 134 Å². The molecule has 0 aliphatic heterocycles. The van der Waals surface area contributed by atoms with Crippen molar-refractivity contribution < 1.29 is 13.9 Å². The Morgan fingerprint density at radius 3 is 2.59 bits per heavy atom. The first-order chi connectivity index (χ1) is 10.6. The largest absolute Gasteiger partial charge is 0.372 e. The van der Waals surface area contributed by atoms with Gasteiger partial charge in [-0.25, -0.2) is 4.39 Å². The monoisotopic (exact) mass is 320 g/mol. The van der Waals surface area contributed by atoms with Gasteiger partial charge in [-0.15, -0.1) is 11.6 Å². The first-order valence-corrected chi connectivity index (χ1v) is 7.93. The lowest BCUT2D eigenvalue weighted by molar-refractivity contribution is -0.111. The normalized spacial score (nSPS) is 28.0. The zero-order valence-corrected chi connectivity index (χ0v) is 13.1. The molecule has 0 spiro atoms. The highest BCUT2D eigenvalue weighted by Gasteiger charge is 2.46. The van der Waals surface area contributed by atoms with E-state index < -0.39 is 11.0 Å². The Morgan fingerprint density at radius 2 is 2.05 bits per heavy atom. The zero-order valence-electron chi connectivity index (χ0n) is 12.4. The van der Waals surface area contributed by atoms with E-state index in [2.05, 4.69) is 0 Å². The number of aldehydes is 1. The van der Waals surface area contributed by atoms with E-state index in [1.807, 2.05) is 19.1 Å². The third-order valence-corrected chi connectivity index (χ3v) is 4.70. The number of carbonyl (C=O) groups excluding carboxylic acids is 1. The van der Waals surface area contributed by atoms with Gasteiger partial charge in [-0.1, -0.05) is 24.3 Å². The van der Waals surface area contributed by atoms with E-state index >= 15 is 0 Å². The van der Waals surface area contributed by atoms with Gasteiger partial charge in [0.25, 0.3) is 0 Å². The van der Waals surface area contributed by atoms with Crippen LogP contribution in [0.3, 0.4) is 0 Å². The van der Waals surface area contributed by atoms with Gasteiger partial charge in [-0.3, -0.25) is 0 Å². The van der Waals surface area contributed by atoms with Crippen LogP contribution in [0.4, 0.5) is 4.39 Å². The van der Waals surface area contributed by atoms with Crippen molar-refractivity contribution >= 4 is 23.5 Å². The van der Waals surface area contributed by atoms with Crippen LogP contribution >= 0.6 is 11.6 Å². The quantitative estimate of drug-likeness (QED) is 0.602. The summed E-state index contributed by atoms with van der Waals surface area (Å²) in [5, 5.41) is 0. The van der Waals surface area contributed by atoms with Gasteiger partial charge in [0.15, 0.2) is 4.87 Å². The van der Waals surface area contributed by atoms with E-state index in [0.29, 0.717) is 12.5 Å². The number of alkyl halides is 1. The van der Waals surface area contributed by atoms with Crippen molar-refractivity contribution in [2.75, 3.05) is 6.61 Å². The summed E-state index contributed by atoms with van der Waals surface area (Å²) >= 11 is 6.72. The van der Waals surface area contributed by atoms with Crippen molar-refractivity contribution in [2.45, 2.75) is 30.7 Å². The summed E-state index contributed by atoms with van der Waals surface area (Å²) in [7, 11) is 0. The van der Waals surface area contributed by atoms with Gasteiger partial charge < -0.3 is 9.53 Å². The first-order valence-electron chi connectivity index (χ1n) is 7.55. The lowest BCUT2D eigenvalue weighted by Gasteiger charge is -2.35. The van der Waals surface area contributed by atoms with Crippen molar-refractivity contribution in [1.82, 2.24) is 0 Å².